The van der Waals surface area contributed by atoms with Crippen LogP contribution in [0.1, 0.15) is 96.8 Å². The van der Waals surface area contributed by atoms with Crippen LogP contribution in [0, 0.1) is 0 Å². The van der Waals surface area contributed by atoms with E-state index in [0.717, 1.165) is 19.3 Å². The van der Waals surface area contributed by atoms with Gasteiger partial charge in [0.2, 0.25) is 0 Å². The third kappa shape index (κ3) is 13.7. The molecule has 0 saturated carbocycles. The summed E-state index contributed by atoms with van der Waals surface area (Å²) in [6.45, 7) is 2.22. The Morgan fingerprint density at radius 1 is 0.867 bits per heavy atom. The van der Waals surface area contributed by atoms with E-state index in [4.69, 9.17) is 4.74 Å². The minimum Gasteiger partial charge on any atom is -0.748 e. The van der Waals surface area contributed by atoms with Crippen LogP contribution >= 0.6 is 0 Å². The van der Waals surface area contributed by atoms with E-state index in [9.17, 15) is 26.2 Å². The first-order valence-corrected chi connectivity index (χ1v) is 14.3. The molecule has 1 aliphatic heterocycles. The Labute approximate surface area is 205 Å². The molecule has 0 aromatic heterocycles. The molecule has 2 unspecified atom stereocenters. The first kappa shape index (κ1) is 30.3. The summed E-state index contributed by atoms with van der Waals surface area (Å²) in [4.78, 5) is 11.9. The molecule has 0 radical (unpaired) electrons. The molecular weight excluding hydrogens is 439 g/mol. The number of hydrogen-bond donors (Lipinski definition) is 0. The zero-order valence-corrected chi connectivity index (χ0v) is 22.3. The van der Waals surface area contributed by atoms with Crippen molar-refractivity contribution < 1.29 is 60.5 Å². The van der Waals surface area contributed by atoms with E-state index in [0.29, 0.717) is 6.42 Å². The standard InChI is InChI=1S/C20H38O7S2.Na/c1-2-3-4-5-6-7-8-9-10-11-12-13-14-15-20(21)27-18-16-28(22,23)17-19(18)29(24,25)26;/h18-19H,2-17H2,1H3,(H,24,25,26);/q;+1/p-1. The predicted octanol–water partition coefficient (Wildman–Crippen LogP) is 0.726. The van der Waals surface area contributed by atoms with Crippen molar-refractivity contribution in [1.29, 1.82) is 0 Å². The van der Waals surface area contributed by atoms with Crippen molar-refractivity contribution in [2.45, 2.75) is 108 Å². The van der Waals surface area contributed by atoms with Gasteiger partial charge in [0.1, 0.15) is 21.5 Å². The Balaban J connectivity index is 0.00000841. The summed E-state index contributed by atoms with van der Waals surface area (Å²) in [5, 5.41) is -1.69. The largest absolute Gasteiger partial charge is 1.00 e. The third-order valence-electron chi connectivity index (χ3n) is 5.39. The van der Waals surface area contributed by atoms with Gasteiger partial charge in [-0.05, 0) is 6.42 Å². The van der Waals surface area contributed by atoms with Gasteiger partial charge < -0.3 is 9.29 Å². The van der Waals surface area contributed by atoms with Gasteiger partial charge in [-0.1, -0.05) is 84.0 Å². The van der Waals surface area contributed by atoms with Crippen molar-refractivity contribution in [2.24, 2.45) is 0 Å². The maximum atomic E-state index is 11.9. The maximum Gasteiger partial charge on any atom is 1.00 e. The monoisotopic (exact) mass is 476 g/mol. The molecule has 30 heavy (non-hydrogen) atoms. The average Bonchev–Trinajstić information content (AvgIpc) is 2.93. The molecule has 1 heterocycles. The van der Waals surface area contributed by atoms with Crippen LogP contribution in [0.15, 0.2) is 0 Å². The molecule has 0 aromatic rings. The number of sulfone groups is 1. The van der Waals surface area contributed by atoms with E-state index in [1.165, 1.54) is 57.8 Å². The average molecular weight is 477 g/mol. The maximum absolute atomic E-state index is 11.9. The predicted molar refractivity (Wildman–Crippen MR) is 112 cm³/mol. The Morgan fingerprint density at radius 2 is 1.30 bits per heavy atom. The van der Waals surface area contributed by atoms with Gasteiger partial charge in [-0.2, -0.15) is 0 Å². The Bertz CT molecular complexity index is 677. The molecular formula is C20H37NaO7S2. The summed E-state index contributed by atoms with van der Waals surface area (Å²) in [6.07, 6.45) is 14.1. The van der Waals surface area contributed by atoms with Gasteiger partial charge in [0.05, 0.1) is 11.5 Å². The number of hydrogen-bond acceptors (Lipinski definition) is 7. The third-order valence-corrected chi connectivity index (χ3v) is 8.52. The van der Waals surface area contributed by atoms with Gasteiger partial charge in [0.15, 0.2) is 9.84 Å². The Kier molecular flexibility index (Phi) is 16.2. The van der Waals surface area contributed by atoms with Crippen molar-refractivity contribution >= 4 is 25.9 Å². The molecule has 0 N–H and O–H groups in total. The minimum absolute atomic E-state index is 0. The van der Waals surface area contributed by atoms with E-state index < -0.39 is 48.8 Å². The van der Waals surface area contributed by atoms with Crippen molar-refractivity contribution in [3.63, 3.8) is 0 Å². The van der Waals surface area contributed by atoms with Crippen LogP contribution in [-0.2, 0) is 29.5 Å². The zero-order valence-electron chi connectivity index (χ0n) is 18.6. The minimum atomic E-state index is -4.82. The van der Waals surface area contributed by atoms with Gasteiger partial charge in [-0.15, -0.1) is 0 Å². The number of rotatable bonds is 16. The number of carbonyl (C=O) groups excluding carboxylic acids is 1. The quantitative estimate of drug-likeness (QED) is 0.139. The molecule has 1 fully saturated rings. The van der Waals surface area contributed by atoms with Gasteiger partial charge in [-0.3, -0.25) is 4.79 Å². The normalized spacial score (nSPS) is 20.6. The van der Waals surface area contributed by atoms with E-state index in [2.05, 4.69) is 6.92 Å². The summed E-state index contributed by atoms with van der Waals surface area (Å²) in [6, 6.07) is 0. The van der Waals surface area contributed by atoms with Crippen LogP contribution in [0.4, 0.5) is 0 Å². The molecule has 0 aliphatic carbocycles. The molecule has 1 aliphatic rings. The molecule has 10 heteroatoms. The van der Waals surface area contributed by atoms with Crippen molar-refractivity contribution in [2.75, 3.05) is 11.5 Å². The second-order valence-electron chi connectivity index (χ2n) is 8.13. The molecule has 0 aromatic carbocycles. The van der Waals surface area contributed by atoms with Gasteiger partial charge in [0, 0.05) is 6.42 Å². The number of carbonyl (C=O) groups is 1. The Hall–Kier alpha value is 0.330. The molecule has 1 rings (SSSR count). The molecule has 1 saturated heterocycles. The first-order valence-electron chi connectivity index (χ1n) is 11.0. The Morgan fingerprint density at radius 3 is 1.73 bits per heavy atom. The summed E-state index contributed by atoms with van der Waals surface area (Å²) in [5.74, 6) is -2.00. The van der Waals surface area contributed by atoms with Crippen molar-refractivity contribution in [3.8, 4) is 0 Å². The summed E-state index contributed by atoms with van der Waals surface area (Å²) >= 11 is 0. The molecule has 0 spiro atoms. The van der Waals surface area contributed by atoms with Gasteiger partial charge >= 0.3 is 35.5 Å². The van der Waals surface area contributed by atoms with E-state index >= 15 is 0 Å². The van der Waals surface area contributed by atoms with Crippen LogP contribution in [0.5, 0.6) is 0 Å². The van der Waals surface area contributed by atoms with E-state index in [1.54, 1.807) is 0 Å². The van der Waals surface area contributed by atoms with E-state index in [-0.39, 0.29) is 36.0 Å². The molecule has 2 atom stereocenters. The fraction of sp³-hybridized carbons (Fsp3) is 0.950. The smallest absolute Gasteiger partial charge is 0.748 e. The van der Waals surface area contributed by atoms with Gasteiger partial charge in [-0.25, -0.2) is 16.8 Å². The van der Waals surface area contributed by atoms with Crippen molar-refractivity contribution in [3.05, 3.63) is 0 Å². The first-order chi connectivity index (χ1) is 13.7. The van der Waals surface area contributed by atoms with Crippen LogP contribution < -0.4 is 29.6 Å². The van der Waals surface area contributed by atoms with E-state index in [1.807, 2.05) is 0 Å². The molecule has 0 bridgehead atoms. The fourth-order valence-corrected chi connectivity index (χ4v) is 7.26. The molecule has 172 valence electrons. The number of unbranched alkanes of at least 4 members (excludes halogenated alkanes) is 12. The second-order valence-corrected chi connectivity index (χ2v) is 11.9. The van der Waals surface area contributed by atoms with Gasteiger partial charge in [0.25, 0.3) is 0 Å². The van der Waals surface area contributed by atoms with Crippen LogP contribution in [0.3, 0.4) is 0 Å². The molecule has 7 nitrogen and oxygen atoms in total. The van der Waals surface area contributed by atoms with Crippen molar-refractivity contribution in [1.82, 2.24) is 0 Å². The van der Waals surface area contributed by atoms with Crippen LogP contribution in [0.25, 0.3) is 0 Å². The summed E-state index contributed by atoms with van der Waals surface area (Å²) in [7, 11) is -8.50. The topological polar surface area (TPSA) is 118 Å². The number of esters is 1. The van der Waals surface area contributed by atoms with Crippen LogP contribution in [-0.4, -0.2) is 50.2 Å². The number of ether oxygens (including phenoxy) is 1. The van der Waals surface area contributed by atoms with Crippen LogP contribution in [0.2, 0.25) is 0 Å². The fourth-order valence-electron chi connectivity index (χ4n) is 3.68. The summed E-state index contributed by atoms with van der Waals surface area (Å²) in [5.41, 5.74) is 0. The molecule has 0 amide bonds. The summed E-state index contributed by atoms with van der Waals surface area (Å²) < 4.78 is 61.7. The second kappa shape index (κ2) is 16.0. The SMILES string of the molecule is CCCCCCCCCCCCCCCC(=O)OC1CS(=O)(=O)CC1S(=O)(=O)[O-].[Na+]. The zero-order chi connectivity index (χ0) is 21.8.